The van der Waals surface area contributed by atoms with E-state index in [2.05, 4.69) is 31.1 Å². The van der Waals surface area contributed by atoms with Crippen molar-refractivity contribution in [2.24, 2.45) is 11.8 Å². The number of hydrogen-bond acceptors (Lipinski definition) is 4. The van der Waals surface area contributed by atoms with Crippen molar-refractivity contribution >= 4 is 0 Å². The van der Waals surface area contributed by atoms with E-state index in [0.717, 1.165) is 19.5 Å². The van der Waals surface area contributed by atoms with Crippen molar-refractivity contribution in [3.63, 3.8) is 0 Å². The van der Waals surface area contributed by atoms with Crippen molar-refractivity contribution in [1.29, 1.82) is 0 Å². The molecule has 1 N–H and O–H groups in total. The predicted molar refractivity (Wildman–Crippen MR) is 74.4 cm³/mol. The van der Waals surface area contributed by atoms with E-state index in [-0.39, 0.29) is 17.5 Å². The Bertz CT molecular complexity index is 470. The summed E-state index contributed by atoms with van der Waals surface area (Å²) in [5.74, 6) is 1.09. The van der Waals surface area contributed by atoms with Crippen molar-refractivity contribution in [2.45, 2.75) is 39.8 Å². The van der Waals surface area contributed by atoms with Crippen molar-refractivity contribution in [2.75, 3.05) is 13.1 Å². The third-order valence-electron chi connectivity index (χ3n) is 3.46. The maximum atomic E-state index is 12.2. The number of ether oxygens (including phenoxy) is 1. The number of hydrogen-bond donors (Lipinski definition) is 1. The quantitative estimate of drug-likeness (QED) is 0.891. The normalized spacial score (nSPS) is 23.6. The van der Waals surface area contributed by atoms with Gasteiger partial charge < -0.3 is 14.6 Å². The lowest BCUT2D eigenvalue weighted by Gasteiger charge is -2.29. The molecule has 19 heavy (non-hydrogen) atoms. The Balaban J connectivity index is 2.14. The standard InChI is InChI=1S/C14H23N3O2/c1-10(2)9-17-7-6-16-13(14(17)18)19-12-8-15-5-4-11(12)3/h6-7,10-12,15H,4-5,8-9H2,1-3H3. The molecular formula is C14H23N3O2. The summed E-state index contributed by atoms with van der Waals surface area (Å²) in [5.41, 5.74) is -0.131. The highest BCUT2D eigenvalue weighted by atomic mass is 16.5. The predicted octanol–water partition coefficient (Wildman–Crippen LogP) is 1.28. The first-order valence-corrected chi connectivity index (χ1v) is 7.00. The Labute approximate surface area is 114 Å². The van der Waals surface area contributed by atoms with Crippen LogP contribution in [0.5, 0.6) is 5.88 Å². The second kappa shape index (κ2) is 6.19. The van der Waals surface area contributed by atoms with E-state index >= 15 is 0 Å². The minimum atomic E-state index is -0.131. The largest absolute Gasteiger partial charge is 0.469 e. The number of nitrogens with zero attached hydrogens (tertiary/aromatic N) is 2. The molecule has 0 saturated carbocycles. The summed E-state index contributed by atoms with van der Waals surface area (Å²) in [5, 5.41) is 3.29. The molecule has 2 unspecified atom stereocenters. The minimum absolute atomic E-state index is 0.0313. The van der Waals surface area contributed by atoms with Gasteiger partial charge in [0.15, 0.2) is 0 Å². The van der Waals surface area contributed by atoms with Gasteiger partial charge in [0, 0.05) is 25.5 Å². The lowest BCUT2D eigenvalue weighted by Crippen LogP contribution is -2.44. The van der Waals surface area contributed by atoms with Gasteiger partial charge in [0.1, 0.15) is 6.10 Å². The van der Waals surface area contributed by atoms with Crippen LogP contribution in [0.25, 0.3) is 0 Å². The molecule has 1 aliphatic rings. The maximum Gasteiger partial charge on any atom is 0.313 e. The lowest BCUT2D eigenvalue weighted by molar-refractivity contribution is 0.107. The fourth-order valence-electron chi connectivity index (χ4n) is 2.31. The van der Waals surface area contributed by atoms with Gasteiger partial charge in [-0.3, -0.25) is 4.79 Å². The van der Waals surface area contributed by atoms with Crippen LogP contribution in [0.1, 0.15) is 27.2 Å². The number of piperidine rings is 1. The molecule has 2 rings (SSSR count). The average molecular weight is 265 g/mol. The van der Waals surface area contributed by atoms with Crippen LogP contribution in [-0.2, 0) is 6.54 Å². The van der Waals surface area contributed by atoms with Crippen molar-refractivity contribution in [1.82, 2.24) is 14.9 Å². The number of rotatable bonds is 4. The average Bonchev–Trinajstić information content (AvgIpc) is 2.36. The summed E-state index contributed by atoms with van der Waals surface area (Å²) < 4.78 is 7.49. The van der Waals surface area contributed by atoms with Gasteiger partial charge in [0.2, 0.25) is 0 Å². The molecule has 0 aliphatic carbocycles. The zero-order valence-corrected chi connectivity index (χ0v) is 11.9. The van der Waals surface area contributed by atoms with Gasteiger partial charge in [-0.15, -0.1) is 0 Å². The Morgan fingerprint density at radius 2 is 2.37 bits per heavy atom. The van der Waals surface area contributed by atoms with Crippen LogP contribution in [0, 0.1) is 11.8 Å². The van der Waals surface area contributed by atoms with Gasteiger partial charge in [0.25, 0.3) is 5.88 Å². The van der Waals surface area contributed by atoms with Crippen LogP contribution in [0.4, 0.5) is 0 Å². The molecule has 0 bridgehead atoms. The van der Waals surface area contributed by atoms with Crippen molar-refractivity contribution < 1.29 is 4.74 Å². The van der Waals surface area contributed by atoms with E-state index in [1.54, 1.807) is 17.0 Å². The van der Waals surface area contributed by atoms with E-state index in [9.17, 15) is 4.79 Å². The maximum absolute atomic E-state index is 12.2. The third kappa shape index (κ3) is 3.56. The molecule has 106 valence electrons. The Morgan fingerprint density at radius 3 is 3.05 bits per heavy atom. The summed E-state index contributed by atoms with van der Waals surface area (Å²) >= 11 is 0. The van der Waals surface area contributed by atoms with Crippen LogP contribution < -0.4 is 15.6 Å². The van der Waals surface area contributed by atoms with Gasteiger partial charge >= 0.3 is 5.56 Å². The topological polar surface area (TPSA) is 56.1 Å². The molecule has 1 aromatic heterocycles. The molecule has 5 nitrogen and oxygen atoms in total. The van der Waals surface area contributed by atoms with Crippen molar-refractivity contribution in [3.05, 3.63) is 22.7 Å². The minimum Gasteiger partial charge on any atom is -0.469 e. The van der Waals surface area contributed by atoms with E-state index in [1.165, 1.54) is 0 Å². The molecule has 1 fully saturated rings. The van der Waals surface area contributed by atoms with Crippen LogP contribution in [0.3, 0.4) is 0 Å². The molecule has 2 heterocycles. The zero-order chi connectivity index (χ0) is 13.8. The third-order valence-corrected chi connectivity index (χ3v) is 3.46. The highest BCUT2D eigenvalue weighted by Gasteiger charge is 2.24. The molecular weight excluding hydrogens is 242 g/mol. The molecule has 2 atom stereocenters. The monoisotopic (exact) mass is 265 g/mol. The highest BCUT2D eigenvalue weighted by molar-refractivity contribution is 5.05. The van der Waals surface area contributed by atoms with E-state index in [1.807, 2.05) is 0 Å². The van der Waals surface area contributed by atoms with Gasteiger partial charge in [-0.1, -0.05) is 20.8 Å². The molecule has 0 spiro atoms. The fourth-order valence-corrected chi connectivity index (χ4v) is 2.31. The molecule has 1 aliphatic heterocycles. The first-order chi connectivity index (χ1) is 9.08. The summed E-state index contributed by atoms with van der Waals surface area (Å²) in [4.78, 5) is 16.3. The number of nitrogens with one attached hydrogen (secondary N) is 1. The van der Waals surface area contributed by atoms with Crippen LogP contribution in [0.2, 0.25) is 0 Å². The summed E-state index contributed by atoms with van der Waals surface area (Å²) in [6.45, 7) is 8.81. The molecule has 0 aromatic carbocycles. The first kappa shape index (κ1) is 14.1. The second-order valence-electron chi connectivity index (χ2n) is 5.71. The van der Waals surface area contributed by atoms with Gasteiger partial charge in [-0.05, 0) is 24.8 Å². The van der Waals surface area contributed by atoms with Crippen LogP contribution in [0.15, 0.2) is 17.2 Å². The molecule has 0 radical (unpaired) electrons. The first-order valence-electron chi connectivity index (χ1n) is 7.00. The fraction of sp³-hybridized carbons (Fsp3) is 0.714. The Kier molecular flexibility index (Phi) is 4.58. The van der Waals surface area contributed by atoms with E-state index < -0.39 is 0 Å². The zero-order valence-electron chi connectivity index (χ0n) is 11.9. The lowest BCUT2D eigenvalue weighted by atomic mass is 9.97. The van der Waals surface area contributed by atoms with Crippen molar-refractivity contribution in [3.8, 4) is 5.88 Å². The summed E-state index contributed by atoms with van der Waals surface area (Å²) in [7, 11) is 0. The number of aromatic nitrogens is 2. The second-order valence-corrected chi connectivity index (χ2v) is 5.71. The summed E-state index contributed by atoms with van der Waals surface area (Å²) in [6.07, 6.45) is 4.46. The molecule has 1 saturated heterocycles. The van der Waals surface area contributed by atoms with Crippen LogP contribution >= 0.6 is 0 Å². The SMILES string of the molecule is CC(C)Cn1ccnc(OC2CNCCC2C)c1=O. The van der Waals surface area contributed by atoms with E-state index in [4.69, 9.17) is 4.74 Å². The highest BCUT2D eigenvalue weighted by Crippen LogP contribution is 2.15. The smallest absolute Gasteiger partial charge is 0.313 e. The van der Waals surface area contributed by atoms with Gasteiger partial charge in [-0.25, -0.2) is 4.98 Å². The Hall–Kier alpha value is -1.36. The molecule has 1 aromatic rings. The van der Waals surface area contributed by atoms with Gasteiger partial charge in [0.05, 0.1) is 0 Å². The molecule has 0 amide bonds. The van der Waals surface area contributed by atoms with Gasteiger partial charge in [-0.2, -0.15) is 0 Å². The Morgan fingerprint density at radius 1 is 1.58 bits per heavy atom. The summed E-state index contributed by atoms with van der Waals surface area (Å²) in [6, 6.07) is 0. The van der Waals surface area contributed by atoms with E-state index in [0.29, 0.717) is 18.4 Å². The molecule has 5 heteroatoms. The van der Waals surface area contributed by atoms with Crippen LogP contribution in [-0.4, -0.2) is 28.7 Å².